The molecule has 10 heterocycles. The predicted molar refractivity (Wildman–Crippen MR) is 250 cm³/mol. The molecule has 2 aliphatic carbocycles. The average molecular weight is 889 g/mol. The van der Waals surface area contributed by atoms with Gasteiger partial charge in [-0.15, -0.1) is 0 Å². The minimum atomic E-state index is -4.24. The lowest BCUT2D eigenvalue weighted by atomic mass is 9.83. The normalized spacial score (nSPS) is 27.0. The van der Waals surface area contributed by atoms with Crippen molar-refractivity contribution >= 4 is 67.0 Å². The SMILES string of the molecule is C=COCC1CCC(CO[Si]2(OCC3CCC(COC=C)CC3)N3C4=Nc5[nH]c(c6c5N=CCC6)N=c5c6ncccc6c(n52)=NC2=NC(=NC3c3ncccc34)C3=C2N=CCC3)CC1. The van der Waals surface area contributed by atoms with Crippen LogP contribution in [0.2, 0.25) is 0 Å². The third-order valence-electron chi connectivity index (χ3n) is 14.3. The molecule has 0 radical (unpaired) electrons. The van der Waals surface area contributed by atoms with Crippen molar-refractivity contribution in [1.82, 2.24) is 23.8 Å². The number of pyridine rings is 2. The molecule has 332 valence electrons. The van der Waals surface area contributed by atoms with Crippen LogP contribution in [0.5, 0.6) is 0 Å². The molecule has 1 unspecified atom stereocenters. The highest BCUT2D eigenvalue weighted by Gasteiger charge is 2.61. The number of hydrogen-bond donors (Lipinski definition) is 1. The number of H-pyrrole nitrogens is 1. The van der Waals surface area contributed by atoms with Gasteiger partial charge in [0.25, 0.3) is 0 Å². The summed E-state index contributed by atoms with van der Waals surface area (Å²) in [4.78, 5) is 51.4. The number of nitrogens with zero attached hydrogens (tertiary/aromatic N) is 11. The second-order valence-electron chi connectivity index (χ2n) is 18.2. The zero-order chi connectivity index (χ0) is 43.5. The average Bonchev–Trinajstić information content (AvgIpc) is 4.07. The smallest absolute Gasteiger partial charge is 0.502 e. The van der Waals surface area contributed by atoms with Crippen LogP contribution in [0.4, 0.5) is 17.3 Å². The monoisotopic (exact) mass is 888 g/mol. The summed E-state index contributed by atoms with van der Waals surface area (Å²) in [6, 6.07) is 8.07. The molecule has 17 heteroatoms. The molecule has 2 saturated carbocycles. The molecule has 4 aromatic heterocycles. The van der Waals surface area contributed by atoms with E-state index in [-0.39, 0.29) is 11.8 Å². The predicted octanol–water partition coefficient (Wildman–Crippen LogP) is 7.58. The Bertz CT molecular complexity index is 2880. The van der Waals surface area contributed by atoms with E-state index >= 15 is 0 Å². The van der Waals surface area contributed by atoms with Crippen LogP contribution in [0, 0.1) is 23.7 Å². The van der Waals surface area contributed by atoms with Gasteiger partial charge in [0.1, 0.15) is 34.0 Å². The second kappa shape index (κ2) is 16.7. The molecule has 0 amide bonds. The van der Waals surface area contributed by atoms with Crippen molar-refractivity contribution < 1.29 is 18.3 Å². The van der Waals surface area contributed by atoms with Crippen LogP contribution in [0.15, 0.2) is 109 Å². The van der Waals surface area contributed by atoms with Gasteiger partial charge in [-0.25, -0.2) is 25.0 Å². The number of fused-ring (bicyclic) bond motifs is 14. The van der Waals surface area contributed by atoms with Gasteiger partial charge in [0, 0.05) is 60.1 Å². The fourth-order valence-electron chi connectivity index (χ4n) is 10.9. The summed E-state index contributed by atoms with van der Waals surface area (Å²) in [5.74, 6) is 4.48. The number of rotatable bonds is 12. The molecule has 0 spiro atoms. The first-order chi connectivity index (χ1) is 32.1. The molecule has 16 nitrogen and oxygen atoms in total. The van der Waals surface area contributed by atoms with Gasteiger partial charge in [-0.1, -0.05) is 13.2 Å². The molecule has 2 fully saturated rings. The van der Waals surface area contributed by atoms with Gasteiger partial charge in [0.15, 0.2) is 29.1 Å². The molecule has 12 rings (SSSR count). The van der Waals surface area contributed by atoms with Crippen LogP contribution in [0.1, 0.15) is 93.6 Å². The Labute approximate surface area is 377 Å². The van der Waals surface area contributed by atoms with E-state index in [0.29, 0.717) is 83.9 Å². The van der Waals surface area contributed by atoms with Crippen LogP contribution in [0.25, 0.3) is 10.9 Å². The van der Waals surface area contributed by atoms with Gasteiger partial charge in [-0.3, -0.25) is 28.8 Å². The second-order valence-corrected chi connectivity index (χ2v) is 20.8. The van der Waals surface area contributed by atoms with Crippen LogP contribution in [-0.4, -0.2) is 89.0 Å². The number of aliphatic imine (C=N–C) groups is 5. The summed E-state index contributed by atoms with van der Waals surface area (Å²) in [7, 11) is -4.24. The van der Waals surface area contributed by atoms with Gasteiger partial charge in [-0.05, 0) is 125 Å². The topological polar surface area (TPSA) is 173 Å². The van der Waals surface area contributed by atoms with Gasteiger partial charge < -0.3 is 23.3 Å². The van der Waals surface area contributed by atoms with E-state index in [2.05, 4.69) is 39.1 Å². The zero-order valence-corrected chi connectivity index (χ0v) is 37.4. The standard InChI is InChI=1S/C48H52N12O4Si/c1-3-61-25-29-13-17-31(18-14-29)27-63-65(64-28-32-19-15-30(16-20-32)26-62-4-2)59-46-35-11-7-23-51-39(35)47(59)55-41-33-9-5-21-49-37(33)43(53-41)57-45-36-12-8-24-52-40(36)48(60(45)65)56-42-34-10-6-22-50-38(34)44(54-42)58-46/h3-4,7-8,11-12,21-24,29-32,47,54H,1-2,5-6,9-10,13-20,25-28H2. The number of nitrogens with one attached hydrogen (secondary N) is 1. The van der Waals surface area contributed by atoms with E-state index < -0.39 is 15.0 Å². The minimum absolute atomic E-state index is 0.262. The summed E-state index contributed by atoms with van der Waals surface area (Å²) in [6.07, 6.45) is 21.1. The highest BCUT2D eigenvalue weighted by atomic mass is 28.4. The van der Waals surface area contributed by atoms with E-state index in [9.17, 15) is 0 Å². The first kappa shape index (κ1) is 40.3. The molecule has 6 bridgehead atoms. The van der Waals surface area contributed by atoms with E-state index in [1.807, 2.05) is 37.0 Å². The number of aromatic nitrogens is 4. The molecule has 8 aliphatic rings. The van der Waals surface area contributed by atoms with Crippen molar-refractivity contribution in [1.29, 1.82) is 0 Å². The highest BCUT2D eigenvalue weighted by Crippen LogP contribution is 2.47. The largest absolute Gasteiger partial charge is 0.599 e. The van der Waals surface area contributed by atoms with E-state index in [1.54, 1.807) is 12.5 Å². The fourth-order valence-corrected chi connectivity index (χ4v) is 14.4. The third-order valence-corrected chi connectivity index (χ3v) is 17.4. The lowest BCUT2D eigenvalue weighted by molar-refractivity contribution is 0.0538. The van der Waals surface area contributed by atoms with Crippen molar-refractivity contribution in [3.8, 4) is 0 Å². The molecule has 1 N–H and O–H groups in total. The van der Waals surface area contributed by atoms with E-state index in [1.165, 1.54) is 0 Å². The minimum Gasteiger partial charge on any atom is -0.502 e. The van der Waals surface area contributed by atoms with Crippen molar-refractivity contribution in [3.63, 3.8) is 0 Å². The van der Waals surface area contributed by atoms with Crippen LogP contribution >= 0.6 is 0 Å². The maximum atomic E-state index is 7.92. The Morgan fingerprint density at radius 3 is 2.12 bits per heavy atom. The third kappa shape index (κ3) is 6.88. The Morgan fingerprint density at radius 1 is 0.708 bits per heavy atom. The maximum absolute atomic E-state index is 7.92. The summed E-state index contributed by atoms with van der Waals surface area (Å²) in [6.45, 7) is 9.80. The zero-order valence-electron chi connectivity index (χ0n) is 36.4. The Balaban J connectivity index is 1.13. The van der Waals surface area contributed by atoms with Gasteiger partial charge in [0.05, 0.1) is 31.4 Å². The molecule has 0 saturated heterocycles. The van der Waals surface area contributed by atoms with Crippen molar-refractivity contribution in [2.75, 3.05) is 26.4 Å². The fraction of sp³-hybridized carbons (Fsp3) is 0.438. The van der Waals surface area contributed by atoms with Crippen LogP contribution < -0.4 is 11.0 Å². The van der Waals surface area contributed by atoms with E-state index in [0.717, 1.165) is 116 Å². The number of ether oxygens (including phenoxy) is 2. The molecular weight excluding hydrogens is 837 g/mol. The van der Waals surface area contributed by atoms with Crippen LogP contribution in [-0.2, 0) is 24.7 Å². The van der Waals surface area contributed by atoms with Gasteiger partial charge in [-0.2, -0.15) is 0 Å². The molecular formula is C48H52N12O4Si. The molecule has 1 atom stereocenters. The van der Waals surface area contributed by atoms with Crippen molar-refractivity contribution in [2.24, 2.45) is 58.6 Å². The number of hydrogen-bond acceptors (Lipinski definition) is 14. The quantitative estimate of drug-likeness (QED) is 0.113. The first-order valence-electron chi connectivity index (χ1n) is 23.3. The molecule has 0 aromatic carbocycles. The lowest BCUT2D eigenvalue weighted by Gasteiger charge is -2.42. The maximum Gasteiger partial charge on any atom is 0.599 e. The molecule has 6 aliphatic heterocycles. The van der Waals surface area contributed by atoms with Gasteiger partial charge >= 0.3 is 8.88 Å². The van der Waals surface area contributed by atoms with E-state index in [4.69, 9.17) is 63.2 Å². The Kier molecular flexibility index (Phi) is 10.3. The highest BCUT2D eigenvalue weighted by molar-refractivity contribution is 6.66. The van der Waals surface area contributed by atoms with Crippen molar-refractivity contribution in [3.05, 3.63) is 101 Å². The molecule has 4 aromatic rings. The Morgan fingerprint density at radius 2 is 1.38 bits per heavy atom. The lowest BCUT2D eigenvalue weighted by Crippen LogP contribution is -2.70. The summed E-state index contributed by atoms with van der Waals surface area (Å²) in [5, 5.41) is 0.805. The van der Waals surface area contributed by atoms with Crippen LogP contribution in [0.3, 0.4) is 0 Å². The van der Waals surface area contributed by atoms with Gasteiger partial charge in [0.2, 0.25) is 0 Å². The summed E-state index contributed by atoms with van der Waals surface area (Å²) >= 11 is 0. The summed E-state index contributed by atoms with van der Waals surface area (Å²) in [5.41, 5.74) is 6.91. The molecule has 65 heavy (non-hydrogen) atoms. The Hall–Kier alpha value is -6.17. The first-order valence-corrected chi connectivity index (χ1v) is 25.0. The number of amidine groups is 3. The van der Waals surface area contributed by atoms with Crippen molar-refractivity contribution in [2.45, 2.75) is 83.2 Å². The number of aromatic amines is 1. The summed E-state index contributed by atoms with van der Waals surface area (Å²) < 4.78 is 31.6.